The topological polar surface area (TPSA) is 92.2 Å². The maximum atomic E-state index is 11.8. The summed E-state index contributed by atoms with van der Waals surface area (Å²) >= 11 is 5.58. The molecule has 2 aromatic rings. The zero-order chi connectivity index (χ0) is 14.5. The Morgan fingerprint density at radius 1 is 1.10 bits per heavy atom. The zero-order valence-corrected chi connectivity index (χ0v) is 11.0. The zero-order valence-electron chi connectivity index (χ0n) is 10.2. The molecule has 20 heavy (non-hydrogen) atoms. The SMILES string of the molecule is O=C(O)c1ccc(CNC(=O)c2ccc(Cl)nn2)cc1. The van der Waals surface area contributed by atoms with Crippen LogP contribution in [-0.4, -0.2) is 27.2 Å². The highest BCUT2D eigenvalue weighted by Gasteiger charge is 2.08. The maximum absolute atomic E-state index is 11.8. The van der Waals surface area contributed by atoms with Gasteiger partial charge < -0.3 is 10.4 Å². The Morgan fingerprint density at radius 3 is 2.35 bits per heavy atom. The van der Waals surface area contributed by atoms with Crippen molar-refractivity contribution >= 4 is 23.5 Å². The van der Waals surface area contributed by atoms with Crippen LogP contribution in [0.25, 0.3) is 0 Å². The number of benzene rings is 1. The van der Waals surface area contributed by atoms with Crippen molar-refractivity contribution in [3.8, 4) is 0 Å². The normalized spacial score (nSPS) is 10.1. The van der Waals surface area contributed by atoms with Gasteiger partial charge in [0.05, 0.1) is 5.56 Å². The number of amides is 1. The van der Waals surface area contributed by atoms with Gasteiger partial charge in [-0.2, -0.15) is 0 Å². The smallest absolute Gasteiger partial charge is 0.335 e. The van der Waals surface area contributed by atoms with Crippen molar-refractivity contribution in [3.05, 3.63) is 58.4 Å². The van der Waals surface area contributed by atoms with E-state index in [4.69, 9.17) is 16.7 Å². The summed E-state index contributed by atoms with van der Waals surface area (Å²) in [6, 6.07) is 9.18. The van der Waals surface area contributed by atoms with Gasteiger partial charge in [-0.3, -0.25) is 4.79 Å². The van der Waals surface area contributed by atoms with Crippen LogP contribution in [0.4, 0.5) is 0 Å². The molecule has 1 aromatic heterocycles. The van der Waals surface area contributed by atoms with E-state index in [-0.39, 0.29) is 28.9 Å². The van der Waals surface area contributed by atoms with Crippen molar-refractivity contribution < 1.29 is 14.7 Å². The molecular formula is C13H10ClN3O3. The Bertz CT molecular complexity index is 626. The number of carboxylic acids is 1. The standard InChI is InChI=1S/C13H10ClN3O3/c14-11-6-5-10(16-17-11)12(18)15-7-8-1-3-9(4-2-8)13(19)20/h1-6H,7H2,(H,15,18)(H,19,20). The minimum atomic E-state index is -0.989. The predicted octanol–water partition coefficient (Wildman–Crippen LogP) is 1.76. The molecule has 0 bridgehead atoms. The van der Waals surface area contributed by atoms with E-state index in [9.17, 15) is 9.59 Å². The quantitative estimate of drug-likeness (QED) is 0.895. The molecule has 0 unspecified atom stereocenters. The molecule has 0 radical (unpaired) electrons. The largest absolute Gasteiger partial charge is 0.478 e. The number of carbonyl (C=O) groups excluding carboxylic acids is 1. The highest BCUT2D eigenvalue weighted by Crippen LogP contribution is 2.05. The van der Waals surface area contributed by atoms with E-state index in [1.165, 1.54) is 24.3 Å². The molecule has 1 aromatic carbocycles. The Morgan fingerprint density at radius 2 is 1.80 bits per heavy atom. The second-order valence-electron chi connectivity index (χ2n) is 3.93. The highest BCUT2D eigenvalue weighted by molar-refractivity contribution is 6.29. The third-order valence-corrected chi connectivity index (χ3v) is 2.72. The molecular weight excluding hydrogens is 282 g/mol. The second-order valence-corrected chi connectivity index (χ2v) is 4.31. The first kappa shape index (κ1) is 14.0. The molecule has 0 aliphatic heterocycles. The van der Waals surface area contributed by atoms with Gasteiger partial charge in [0.1, 0.15) is 0 Å². The number of aromatic carboxylic acids is 1. The number of hydrogen-bond donors (Lipinski definition) is 2. The van der Waals surface area contributed by atoms with E-state index < -0.39 is 5.97 Å². The molecule has 0 fully saturated rings. The fourth-order valence-electron chi connectivity index (χ4n) is 1.48. The summed E-state index contributed by atoms with van der Waals surface area (Å²) < 4.78 is 0. The summed E-state index contributed by atoms with van der Waals surface area (Å²) in [7, 11) is 0. The van der Waals surface area contributed by atoms with Gasteiger partial charge >= 0.3 is 5.97 Å². The Kier molecular flexibility index (Phi) is 4.27. The van der Waals surface area contributed by atoms with Crippen LogP contribution in [0.1, 0.15) is 26.4 Å². The number of carbonyl (C=O) groups is 2. The number of carboxylic acid groups (broad SMARTS) is 1. The molecule has 2 N–H and O–H groups in total. The average molecular weight is 292 g/mol. The third kappa shape index (κ3) is 3.52. The van der Waals surface area contributed by atoms with E-state index in [0.717, 1.165) is 5.56 Å². The third-order valence-electron chi connectivity index (χ3n) is 2.52. The van der Waals surface area contributed by atoms with Gasteiger partial charge in [-0.1, -0.05) is 23.7 Å². The van der Waals surface area contributed by atoms with Crippen molar-refractivity contribution in [2.24, 2.45) is 0 Å². The molecule has 0 saturated heterocycles. The molecule has 2 rings (SSSR count). The van der Waals surface area contributed by atoms with Gasteiger partial charge in [0.25, 0.3) is 5.91 Å². The van der Waals surface area contributed by atoms with Gasteiger partial charge in [-0.25, -0.2) is 4.79 Å². The molecule has 1 heterocycles. The lowest BCUT2D eigenvalue weighted by molar-refractivity contribution is 0.0696. The number of aromatic nitrogens is 2. The predicted molar refractivity (Wildman–Crippen MR) is 71.6 cm³/mol. The minimum Gasteiger partial charge on any atom is -0.478 e. The number of hydrogen-bond acceptors (Lipinski definition) is 4. The first-order valence-corrected chi connectivity index (χ1v) is 6.04. The molecule has 0 spiro atoms. The molecule has 0 aliphatic rings. The Hall–Kier alpha value is -2.47. The first-order chi connectivity index (χ1) is 9.56. The van der Waals surface area contributed by atoms with Crippen molar-refractivity contribution in [1.82, 2.24) is 15.5 Å². The van der Waals surface area contributed by atoms with Crippen LogP contribution < -0.4 is 5.32 Å². The van der Waals surface area contributed by atoms with Crippen LogP contribution in [0.15, 0.2) is 36.4 Å². The summed E-state index contributed by atoms with van der Waals surface area (Å²) in [6.07, 6.45) is 0. The van der Waals surface area contributed by atoms with E-state index in [2.05, 4.69) is 15.5 Å². The summed E-state index contributed by atoms with van der Waals surface area (Å²) in [5, 5.41) is 18.9. The van der Waals surface area contributed by atoms with Crippen molar-refractivity contribution in [3.63, 3.8) is 0 Å². The van der Waals surface area contributed by atoms with E-state index >= 15 is 0 Å². The number of halogens is 1. The summed E-state index contributed by atoms with van der Waals surface area (Å²) in [5.41, 5.74) is 1.14. The van der Waals surface area contributed by atoms with Gasteiger partial charge in [0.2, 0.25) is 0 Å². The lowest BCUT2D eigenvalue weighted by Gasteiger charge is -2.05. The molecule has 1 amide bonds. The van der Waals surface area contributed by atoms with Crippen molar-refractivity contribution in [2.45, 2.75) is 6.54 Å². The van der Waals surface area contributed by atoms with Crippen molar-refractivity contribution in [2.75, 3.05) is 0 Å². The molecule has 0 aliphatic carbocycles. The van der Waals surface area contributed by atoms with Crippen LogP contribution >= 0.6 is 11.6 Å². The van der Waals surface area contributed by atoms with Gasteiger partial charge in [0, 0.05) is 6.54 Å². The van der Waals surface area contributed by atoms with Crippen LogP contribution in [0, 0.1) is 0 Å². The molecule has 102 valence electrons. The lowest BCUT2D eigenvalue weighted by atomic mass is 10.1. The van der Waals surface area contributed by atoms with Crippen LogP contribution in [-0.2, 0) is 6.54 Å². The number of nitrogens with zero attached hydrogens (tertiary/aromatic N) is 2. The van der Waals surface area contributed by atoms with Crippen LogP contribution in [0.2, 0.25) is 5.15 Å². The first-order valence-electron chi connectivity index (χ1n) is 5.66. The molecule has 6 nitrogen and oxygen atoms in total. The fourth-order valence-corrected chi connectivity index (χ4v) is 1.58. The van der Waals surface area contributed by atoms with E-state index in [1.54, 1.807) is 12.1 Å². The van der Waals surface area contributed by atoms with Gasteiger partial charge in [-0.15, -0.1) is 10.2 Å². The lowest BCUT2D eigenvalue weighted by Crippen LogP contribution is -2.24. The molecule has 0 atom stereocenters. The maximum Gasteiger partial charge on any atom is 0.335 e. The van der Waals surface area contributed by atoms with Crippen LogP contribution in [0.3, 0.4) is 0 Å². The van der Waals surface area contributed by atoms with E-state index in [1.807, 2.05) is 0 Å². The Balaban J connectivity index is 1.96. The highest BCUT2D eigenvalue weighted by atomic mass is 35.5. The summed E-state index contributed by atoms with van der Waals surface area (Å²) in [4.78, 5) is 22.4. The molecule has 7 heteroatoms. The van der Waals surface area contributed by atoms with Crippen LogP contribution in [0.5, 0.6) is 0 Å². The minimum absolute atomic E-state index is 0.163. The average Bonchev–Trinajstić information content (AvgIpc) is 2.46. The van der Waals surface area contributed by atoms with Gasteiger partial charge in [-0.05, 0) is 29.8 Å². The van der Waals surface area contributed by atoms with Crippen molar-refractivity contribution in [1.29, 1.82) is 0 Å². The second kappa shape index (κ2) is 6.12. The fraction of sp³-hybridized carbons (Fsp3) is 0.0769. The summed E-state index contributed by atoms with van der Waals surface area (Å²) in [6.45, 7) is 0.267. The monoisotopic (exact) mass is 291 g/mol. The Labute approximate surface area is 119 Å². The number of rotatable bonds is 4. The molecule has 0 saturated carbocycles. The van der Waals surface area contributed by atoms with E-state index in [0.29, 0.717) is 0 Å². The van der Waals surface area contributed by atoms with Gasteiger partial charge in [0.15, 0.2) is 10.8 Å². The number of nitrogens with one attached hydrogen (secondary N) is 1. The summed E-state index contributed by atoms with van der Waals surface area (Å²) in [5.74, 6) is -1.37.